The Morgan fingerprint density at radius 1 is 1.13 bits per heavy atom. The molecule has 0 radical (unpaired) electrons. The van der Waals surface area contributed by atoms with Crippen molar-refractivity contribution in [2.24, 2.45) is 5.92 Å². The number of aldehydes is 1. The zero-order valence-corrected chi connectivity index (χ0v) is 11.9. The Bertz CT molecular complexity index is 168. The van der Waals surface area contributed by atoms with Gasteiger partial charge in [0.25, 0.3) is 0 Å². The second kappa shape index (κ2) is 7.18. The zero-order valence-electron chi connectivity index (χ0n) is 10.9. The minimum atomic E-state index is -1.54. The van der Waals surface area contributed by atoms with Crippen LogP contribution in [0.15, 0.2) is 0 Å². The Labute approximate surface area is 95.5 Å². The third-order valence-corrected chi connectivity index (χ3v) is 8.08. The van der Waals surface area contributed by atoms with E-state index in [9.17, 15) is 4.79 Å². The highest BCUT2D eigenvalue weighted by Crippen LogP contribution is 2.26. The summed E-state index contributed by atoms with van der Waals surface area (Å²) in [5.41, 5.74) is 0. The second-order valence-electron chi connectivity index (χ2n) is 4.55. The van der Waals surface area contributed by atoms with E-state index in [1.807, 2.05) is 0 Å². The maximum Gasteiger partial charge on any atom is 0.192 e. The summed E-state index contributed by atoms with van der Waals surface area (Å²) in [5, 5.41) is 0. The van der Waals surface area contributed by atoms with Gasteiger partial charge in [0.2, 0.25) is 0 Å². The zero-order chi connectivity index (χ0) is 11.9. The molecule has 0 bridgehead atoms. The Morgan fingerprint density at radius 3 is 1.87 bits per heavy atom. The average molecular weight is 230 g/mol. The molecule has 0 aliphatic carbocycles. The fourth-order valence-electron chi connectivity index (χ4n) is 1.87. The van der Waals surface area contributed by atoms with E-state index in [1.165, 1.54) is 0 Å². The van der Waals surface area contributed by atoms with Crippen molar-refractivity contribution in [3.05, 3.63) is 0 Å². The highest BCUT2D eigenvalue weighted by Gasteiger charge is 2.32. The fourth-order valence-corrected chi connectivity index (χ4v) is 4.88. The number of hydrogen-bond acceptors (Lipinski definition) is 2. The number of carbonyl (C=O) groups excluding carboxylic acids is 1. The molecule has 15 heavy (non-hydrogen) atoms. The molecule has 1 unspecified atom stereocenters. The first-order chi connectivity index (χ1) is 7.05. The minimum Gasteiger partial charge on any atom is -0.413 e. The molecule has 0 saturated heterocycles. The summed E-state index contributed by atoms with van der Waals surface area (Å²) in [6, 6.07) is 3.46. The van der Waals surface area contributed by atoms with Gasteiger partial charge in [-0.15, -0.1) is 0 Å². The van der Waals surface area contributed by atoms with Crippen LogP contribution in [0.5, 0.6) is 0 Å². The van der Waals surface area contributed by atoms with Gasteiger partial charge >= 0.3 is 0 Å². The maximum atomic E-state index is 10.6. The Balaban J connectivity index is 4.52. The molecule has 0 fully saturated rings. The lowest BCUT2D eigenvalue weighted by Crippen LogP contribution is -2.41. The standard InChI is InChI=1S/C12H26O2Si/c1-6-15(7-2,8-3)14-12(9-10-13)11(4)5/h10-12H,6-9H2,1-5H3. The first-order valence-corrected chi connectivity index (χ1v) is 8.69. The first-order valence-electron chi connectivity index (χ1n) is 6.16. The van der Waals surface area contributed by atoms with Gasteiger partial charge in [0, 0.05) is 6.42 Å². The van der Waals surface area contributed by atoms with Crippen LogP contribution in [0.25, 0.3) is 0 Å². The van der Waals surface area contributed by atoms with Crippen molar-refractivity contribution in [2.75, 3.05) is 0 Å². The third-order valence-electron chi connectivity index (χ3n) is 3.41. The van der Waals surface area contributed by atoms with Crippen LogP contribution < -0.4 is 0 Å². The van der Waals surface area contributed by atoms with Crippen LogP contribution in [0, 0.1) is 5.92 Å². The molecule has 0 aromatic carbocycles. The van der Waals surface area contributed by atoms with Crippen molar-refractivity contribution in [3.8, 4) is 0 Å². The molecule has 0 aliphatic heterocycles. The lowest BCUT2D eigenvalue weighted by molar-refractivity contribution is -0.109. The highest BCUT2D eigenvalue weighted by molar-refractivity contribution is 6.73. The molecule has 0 aliphatic rings. The van der Waals surface area contributed by atoms with Crippen molar-refractivity contribution in [1.82, 2.24) is 0 Å². The molecule has 0 heterocycles. The van der Waals surface area contributed by atoms with Gasteiger partial charge in [0.1, 0.15) is 6.29 Å². The van der Waals surface area contributed by atoms with Crippen LogP contribution in [0.1, 0.15) is 41.0 Å². The molecule has 0 rings (SSSR count). The lowest BCUT2D eigenvalue weighted by atomic mass is 10.1. The summed E-state index contributed by atoms with van der Waals surface area (Å²) >= 11 is 0. The van der Waals surface area contributed by atoms with Crippen LogP contribution in [0.4, 0.5) is 0 Å². The predicted molar refractivity (Wildman–Crippen MR) is 67.6 cm³/mol. The van der Waals surface area contributed by atoms with Crippen LogP contribution in [-0.2, 0) is 9.22 Å². The lowest BCUT2D eigenvalue weighted by Gasteiger charge is -2.34. The summed E-state index contributed by atoms with van der Waals surface area (Å²) in [4.78, 5) is 10.6. The number of rotatable bonds is 8. The molecule has 0 saturated carbocycles. The van der Waals surface area contributed by atoms with Gasteiger partial charge in [-0.05, 0) is 24.1 Å². The van der Waals surface area contributed by atoms with Gasteiger partial charge in [-0.1, -0.05) is 34.6 Å². The summed E-state index contributed by atoms with van der Waals surface area (Å²) in [6.45, 7) is 10.9. The fraction of sp³-hybridized carbons (Fsp3) is 0.917. The van der Waals surface area contributed by atoms with E-state index < -0.39 is 8.32 Å². The van der Waals surface area contributed by atoms with E-state index in [1.54, 1.807) is 0 Å². The van der Waals surface area contributed by atoms with Gasteiger partial charge in [-0.3, -0.25) is 0 Å². The molecule has 0 N–H and O–H groups in total. The summed E-state index contributed by atoms with van der Waals surface area (Å²) in [7, 11) is -1.54. The quantitative estimate of drug-likeness (QED) is 0.470. The Kier molecular flexibility index (Phi) is 7.10. The van der Waals surface area contributed by atoms with Crippen LogP contribution in [0.3, 0.4) is 0 Å². The van der Waals surface area contributed by atoms with Crippen molar-refractivity contribution in [2.45, 2.75) is 65.3 Å². The monoisotopic (exact) mass is 230 g/mol. The summed E-state index contributed by atoms with van der Waals surface area (Å²) in [5.74, 6) is 0.437. The molecule has 0 aromatic heterocycles. The molecule has 0 aromatic rings. The van der Waals surface area contributed by atoms with E-state index >= 15 is 0 Å². The molecule has 0 amide bonds. The van der Waals surface area contributed by atoms with Gasteiger partial charge in [-0.2, -0.15) is 0 Å². The van der Waals surface area contributed by atoms with Crippen LogP contribution >= 0.6 is 0 Å². The van der Waals surface area contributed by atoms with Crippen molar-refractivity contribution in [1.29, 1.82) is 0 Å². The van der Waals surface area contributed by atoms with E-state index in [2.05, 4.69) is 34.6 Å². The average Bonchev–Trinajstić information content (AvgIpc) is 2.24. The topological polar surface area (TPSA) is 26.3 Å². The van der Waals surface area contributed by atoms with E-state index in [4.69, 9.17) is 4.43 Å². The molecular formula is C12H26O2Si. The highest BCUT2D eigenvalue weighted by atomic mass is 28.4. The normalized spacial score (nSPS) is 14.3. The molecule has 2 nitrogen and oxygen atoms in total. The van der Waals surface area contributed by atoms with E-state index in [0.29, 0.717) is 12.3 Å². The molecule has 90 valence electrons. The van der Waals surface area contributed by atoms with Gasteiger partial charge < -0.3 is 9.22 Å². The summed E-state index contributed by atoms with van der Waals surface area (Å²) in [6.07, 6.45) is 1.67. The molecule has 1 atom stereocenters. The summed E-state index contributed by atoms with van der Waals surface area (Å²) < 4.78 is 6.30. The third kappa shape index (κ3) is 4.47. The SMILES string of the molecule is CC[Si](CC)(CC)OC(CC=O)C(C)C. The second-order valence-corrected chi connectivity index (χ2v) is 9.27. The Morgan fingerprint density at radius 2 is 1.60 bits per heavy atom. The molecule has 0 spiro atoms. The van der Waals surface area contributed by atoms with Crippen molar-refractivity contribution < 1.29 is 9.22 Å². The van der Waals surface area contributed by atoms with Gasteiger partial charge in [-0.25, -0.2) is 0 Å². The van der Waals surface area contributed by atoms with Crippen molar-refractivity contribution >= 4 is 14.6 Å². The largest absolute Gasteiger partial charge is 0.413 e. The first kappa shape index (κ1) is 14.8. The van der Waals surface area contributed by atoms with E-state index in [0.717, 1.165) is 24.4 Å². The Hall–Kier alpha value is -0.153. The van der Waals surface area contributed by atoms with Gasteiger partial charge in [0.05, 0.1) is 6.10 Å². The number of carbonyl (C=O) groups is 1. The smallest absolute Gasteiger partial charge is 0.192 e. The van der Waals surface area contributed by atoms with Crippen LogP contribution in [-0.4, -0.2) is 20.7 Å². The maximum absolute atomic E-state index is 10.6. The molecule has 3 heteroatoms. The van der Waals surface area contributed by atoms with Crippen LogP contribution in [0.2, 0.25) is 18.1 Å². The van der Waals surface area contributed by atoms with Gasteiger partial charge in [0.15, 0.2) is 8.32 Å². The predicted octanol–water partition coefficient (Wildman–Crippen LogP) is 3.62. The minimum absolute atomic E-state index is 0.133. The number of hydrogen-bond donors (Lipinski definition) is 0. The van der Waals surface area contributed by atoms with Crippen molar-refractivity contribution in [3.63, 3.8) is 0 Å². The van der Waals surface area contributed by atoms with E-state index in [-0.39, 0.29) is 6.10 Å². The molecular weight excluding hydrogens is 204 g/mol.